The van der Waals surface area contributed by atoms with E-state index in [0.29, 0.717) is 0 Å². The highest BCUT2D eigenvalue weighted by Crippen LogP contribution is 2.30. The van der Waals surface area contributed by atoms with Gasteiger partial charge in [0.15, 0.2) is 0 Å². The standard InChI is InChI=1S/C14H19N3O/c1-9-10(2)14(18-4)6-5-12(9)13-7-11(8-15-3)16-17-13/h5-7,15H,8H2,1-4H3,(H,16,17). The minimum absolute atomic E-state index is 0.793. The smallest absolute Gasteiger partial charge is 0.122 e. The molecule has 0 saturated heterocycles. The van der Waals surface area contributed by atoms with E-state index in [2.05, 4.69) is 41.5 Å². The predicted molar refractivity (Wildman–Crippen MR) is 72.8 cm³/mol. The highest BCUT2D eigenvalue weighted by Gasteiger charge is 2.11. The Morgan fingerprint density at radius 1 is 1.28 bits per heavy atom. The Hall–Kier alpha value is -1.81. The minimum atomic E-state index is 0.793. The number of aromatic amines is 1. The predicted octanol–water partition coefficient (Wildman–Crippen LogP) is 2.42. The van der Waals surface area contributed by atoms with Gasteiger partial charge in [0, 0.05) is 17.8 Å². The number of nitrogens with one attached hydrogen (secondary N) is 2. The fourth-order valence-corrected chi connectivity index (χ4v) is 2.08. The summed E-state index contributed by atoms with van der Waals surface area (Å²) in [6, 6.07) is 6.12. The van der Waals surface area contributed by atoms with Gasteiger partial charge in [-0.3, -0.25) is 5.10 Å². The number of hydrogen-bond acceptors (Lipinski definition) is 3. The fourth-order valence-electron chi connectivity index (χ4n) is 2.08. The molecule has 1 aromatic heterocycles. The molecule has 18 heavy (non-hydrogen) atoms. The molecule has 0 fully saturated rings. The van der Waals surface area contributed by atoms with Gasteiger partial charge in [0.1, 0.15) is 5.75 Å². The van der Waals surface area contributed by atoms with Crippen LogP contribution in [0.5, 0.6) is 5.75 Å². The summed E-state index contributed by atoms with van der Waals surface area (Å²) in [5, 5.41) is 10.5. The van der Waals surface area contributed by atoms with Gasteiger partial charge in [-0.05, 0) is 50.2 Å². The van der Waals surface area contributed by atoms with Crippen molar-refractivity contribution in [3.8, 4) is 17.0 Å². The number of methoxy groups -OCH3 is 1. The Morgan fingerprint density at radius 3 is 2.72 bits per heavy atom. The normalized spacial score (nSPS) is 10.7. The van der Waals surface area contributed by atoms with E-state index in [-0.39, 0.29) is 0 Å². The van der Waals surface area contributed by atoms with E-state index in [1.807, 2.05) is 13.1 Å². The van der Waals surface area contributed by atoms with E-state index >= 15 is 0 Å². The highest BCUT2D eigenvalue weighted by atomic mass is 16.5. The Morgan fingerprint density at radius 2 is 2.06 bits per heavy atom. The van der Waals surface area contributed by atoms with Crippen LogP contribution in [-0.4, -0.2) is 24.4 Å². The van der Waals surface area contributed by atoms with Crippen molar-refractivity contribution < 1.29 is 4.74 Å². The number of ether oxygens (including phenoxy) is 1. The van der Waals surface area contributed by atoms with Crippen molar-refractivity contribution in [3.05, 3.63) is 35.0 Å². The minimum Gasteiger partial charge on any atom is -0.496 e. The van der Waals surface area contributed by atoms with Crippen LogP contribution in [0.1, 0.15) is 16.8 Å². The van der Waals surface area contributed by atoms with Crippen LogP contribution < -0.4 is 10.1 Å². The lowest BCUT2D eigenvalue weighted by Gasteiger charge is -2.10. The average Bonchev–Trinajstić information content (AvgIpc) is 2.81. The number of hydrogen-bond donors (Lipinski definition) is 2. The lowest BCUT2D eigenvalue weighted by atomic mass is 10.00. The molecule has 0 atom stereocenters. The van der Waals surface area contributed by atoms with Crippen molar-refractivity contribution in [2.24, 2.45) is 0 Å². The van der Waals surface area contributed by atoms with Crippen LogP contribution in [-0.2, 0) is 6.54 Å². The monoisotopic (exact) mass is 245 g/mol. The van der Waals surface area contributed by atoms with Crippen molar-refractivity contribution in [2.45, 2.75) is 20.4 Å². The molecule has 2 aromatic rings. The maximum atomic E-state index is 5.32. The van der Waals surface area contributed by atoms with Crippen molar-refractivity contribution in [1.29, 1.82) is 0 Å². The van der Waals surface area contributed by atoms with Crippen LogP contribution in [0, 0.1) is 13.8 Å². The van der Waals surface area contributed by atoms with Crippen molar-refractivity contribution in [1.82, 2.24) is 15.5 Å². The summed E-state index contributed by atoms with van der Waals surface area (Å²) in [6.07, 6.45) is 0. The van der Waals surface area contributed by atoms with Crippen LogP contribution in [0.2, 0.25) is 0 Å². The number of benzene rings is 1. The van der Waals surface area contributed by atoms with Crippen molar-refractivity contribution >= 4 is 0 Å². The summed E-state index contributed by atoms with van der Waals surface area (Å²) in [4.78, 5) is 0. The number of H-pyrrole nitrogens is 1. The number of nitrogens with zero attached hydrogens (tertiary/aromatic N) is 1. The molecule has 4 heteroatoms. The number of aromatic nitrogens is 2. The van der Waals surface area contributed by atoms with Gasteiger partial charge in [0.25, 0.3) is 0 Å². The third-order valence-corrected chi connectivity index (χ3v) is 3.23. The van der Waals surface area contributed by atoms with E-state index in [0.717, 1.165) is 34.8 Å². The Labute approximate surface area is 107 Å². The summed E-state index contributed by atoms with van der Waals surface area (Å²) in [5.41, 5.74) is 5.57. The lowest BCUT2D eigenvalue weighted by Crippen LogP contribution is -2.04. The zero-order valence-electron chi connectivity index (χ0n) is 11.3. The lowest BCUT2D eigenvalue weighted by molar-refractivity contribution is 0.411. The largest absolute Gasteiger partial charge is 0.496 e. The topological polar surface area (TPSA) is 49.9 Å². The zero-order valence-corrected chi connectivity index (χ0v) is 11.3. The molecule has 0 unspecified atom stereocenters. The molecule has 0 bridgehead atoms. The van der Waals surface area contributed by atoms with Gasteiger partial charge in [-0.25, -0.2) is 0 Å². The zero-order chi connectivity index (χ0) is 13.1. The molecular weight excluding hydrogens is 226 g/mol. The Bertz CT molecular complexity index is 546. The third kappa shape index (κ3) is 2.24. The van der Waals surface area contributed by atoms with Crippen LogP contribution in [0.3, 0.4) is 0 Å². The molecule has 0 amide bonds. The van der Waals surface area contributed by atoms with Gasteiger partial charge in [-0.15, -0.1) is 0 Å². The van der Waals surface area contributed by atoms with Crippen LogP contribution in [0.25, 0.3) is 11.3 Å². The van der Waals surface area contributed by atoms with E-state index in [9.17, 15) is 0 Å². The maximum Gasteiger partial charge on any atom is 0.122 e. The Kier molecular flexibility index (Phi) is 3.67. The molecule has 0 aliphatic rings. The van der Waals surface area contributed by atoms with Gasteiger partial charge >= 0.3 is 0 Å². The molecule has 4 nitrogen and oxygen atoms in total. The molecule has 0 spiro atoms. The SMILES string of the molecule is CNCc1cc(-c2ccc(OC)c(C)c2C)n[nH]1. The summed E-state index contributed by atoms with van der Waals surface area (Å²) in [5.74, 6) is 0.919. The molecule has 0 aliphatic heterocycles. The summed E-state index contributed by atoms with van der Waals surface area (Å²) < 4.78 is 5.32. The van der Waals surface area contributed by atoms with Crippen molar-refractivity contribution in [2.75, 3.05) is 14.2 Å². The van der Waals surface area contributed by atoms with Gasteiger partial charge in [0.2, 0.25) is 0 Å². The van der Waals surface area contributed by atoms with Gasteiger partial charge in [-0.2, -0.15) is 5.10 Å². The molecule has 96 valence electrons. The van der Waals surface area contributed by atoms with Gasteiger partial charge < -0.3 is 10.1 Å². The number of rotatable bonds is 4. The molecule has 0 radical (unpaired) electrons. The molecule has 0 saturated carbocycles. The van der Waals surface area contributed by atoms with Crippen LogP contribution in [0.15, 0.2) is 18.2 Å². The van der Waals surface area contributed by atoms with E-state index < -0.39 is 0 Å². The molecule has 1 heterocycles. The maximum absolute atomic E-state index is 5.32. The second kappa shape index (κ2) is 5.23. The van der Waals surface area contributed by atoms with Gasteiger partial charge in [-0.1, -0.05) is 0 Å². The first-order chi connectivity index (χ1) is 8.67. The second-order valence-corrected chi connectivity index (χ2v) is 4.37. The van der Waals surface area contributed by atoms with Gasteiger partial charge in [0.05, 0.1) is 12.8 Å². The molecule has 1 aromatic carbocycles. The van der Waals surface area contributed by atoms with E-state index in [4.69, 9.17) is 4.74 Å². The first-order valence-electron chi connectivity index (χ1n) is 6.00. The third-order valence-electron chi connectivity index (χ3n) is 3.23. The van der Waals surface area contributed by atoms with Crippen LogP contribution >= 0.6 is 0 Å². The average molecular weight is 245 g/mol. The van der Waals surface area contributed by atoms with E-state index in [1.165, 1.54) is 5.56 Å². The second-order valence-electron chi connectivity index (χ2n) is 4.37. The first-order valence-corrected chi connectivity index (χ1v) is 6.00. The fraction of sp³-hybridized carbons (Fsp3) is 0.357. The Balaban J connectivity index is 2.41. The van der Waals surface area contributed by atoms with Crippen LogP contribution in [0.4, 0.5) is 0 Å². The summed E-state index contributed by atoms with van der Waals surface area (Å²) in [7, 11) is 3.62. The molecule has 0 aliphatic carbocycles. The summed E-state index contributed by atoms with van der Waals surface area (Å²) >= 11 is 0. The highest BCUT2D eigenvalue weighted by molar-refractivity contribution is 5.67. The molecule has 2 rings (SSSR count). The molecule has 2 N–H and O–H groups in total. The van der Waals surface area contributed by atoms with Crippen molar-refractivity contribution in [3.63, 3.8) is 0 Å². The molecular formula is C14H19N3O. The summed E-state index contributed by atoms with van der Waals surface area (Å²) in [6.45, 7) is 4.96. The van der Waals surface area contributed by atoms with E-state index in [1.54, 1.807) is 7.11 Å². The first kappa shape index (κ1) is 12.6. The quantitative estimate of drug-likeness (QED) is 0.869.